The van der Waals surface area contributed by atoms with Crippen molar-refractivity contribution < 1.29 is 17.7 Å². The van der Waals surface area contributed by atoms with E-state index in [1.54, 1.807) is 0 Å². The Morgan fingerprint density at radius 2 is 1.68 bits per heavy atom. The molecular weight excluding hydrogens is 339 g/mol. The fourth-order valence-electron chi connectivity index (χ4n) is 2.56. The van der Waals surface area contributed by atoms with Gasteiger partial charge in [0.1, 0.15) is 0 Å². The van der Waals surface area contributed by atoms with Crippen LogP contribution in [0.5, 0.6) is 0 Å². The Bertz CT molecular complexity index is 831. The Hall–Kier alpha value is -1.64. The van der Waals surface area contributed by atoms with Crippen LogP contribution >= 0.6 is 0 Å². The first-order chi connectivity index (χ1) is 11.6. The Morgan fingerprint density at radius 1 is 1.08 bits per heavy atom. The molecule has 0 N–H and O–H groups in total. The Labute approximate surface area is 149 Å². The van der Waals surface area contributed by atoms with Crippen LogP contribution in [0.15, 0.2) is 42.7 Å². The van der Waals surface area contributed by atoms with Gasteiger partial charge in [-0.15, -0.1) is 0 Å². The quantitative estimate of drug-likeness (QED) is 0.756. The molecule has 1 saturated heterocycles. The van der Waals surface area contributed by atoms with E-state index in [0.29, 0.717) is 11.9 Å². The maximum atomic E-state index is 12.5. The summed E-state index contributed by atoms with van der Waals surface area (Å²) in [6.45, 7) is 7.81. The molecule has 1 fully saturated rings. The van der Waals surface area contributed by atoms with Crippen LogP contribution in [-0.4, -0.2) is 41.7 Å². The fourth-order valence-corrected chi connectivity index (χ4v) is 3.71. The van der Waals surface area contributed by atoms with Crippen molar-refractivity contribution in [2.45, 2.75) is 45.3 Å². The number of aromatic nitrogens is 2. The van der Waals surface area contributed by atoms with E-state index in [1.165, 1.54) is 12.4 Å². The summed E-state index contributed by atoms with van der Waals surface area (Å²) in [6, 6.07) is 9.52. The summed E-state index contributed by atoms with van der Waals surface area (Å²) >= 11 is 0. The molecule has 1 aliphatic heterocycles. The molecule has 0 amide bonds. The van der Waals surface area contributed by atoms with Crippen molar-refractivity contribution in [2.75, 3.05) is 5.75 Å². The van der Waals surface area contributed by atoms with E-state index in [4.69, 9.17) is 9.31 Å². The summed E-state index contributed by atoms with van der Waals surface area (Å²) in [7, 11) is -4.15. The molecule has 0 aliphatic carbocycles. The smallest absolute Gasteiger partial charge is 0.399 e. The Morgan fingerprint density at radius 3 is 2.28 bits per heavy atom. The molecule has 1 aliphatic rings. The predicted molar refractivity (Wildman–Crippen MR) is 97.3 cm³/mol. The van der Waals surface area contributed by atoms with Crippen molar-refractivity contribution in [3.8, 4) is 0 Å². The maximum Gasteiger partial charge on any atom is 0.498 e. The zero-order valence-corrected chi connectivity index (χ0v) is 15.8. The first kappa shape index (κ1) is 18.2. The number of rotatable bonds is 5. The second-order valence-electron chi connectivity index (χ2n) is 7.29. The maximum absolute atomic E-state index is 12.5. The van der Waals surface area contributed by atoms with Gasteiger partial charge in [0.2, 0.25) is 0 Å². The van der Waals surface area contributed by atoms with Crippen LogP contribution in [0, 0.1) is 0 Å². The van der Waals surface area contributed by atoms with Gasteiger partial charge in [-0.1, -0.05) is 30.3 Å². The molecule has 8 heteroatoms. The van der Waals surface area contributed by atoms with Gasteiger partial charge in [-0.3, -0.25) is 0 Å². The van der Waals surface area contributed by atoms with E-state index in [-0.39, 0.29) is 5.75 Å². The van der Waals surface area contributed by atoms with Crippen molar-refractivity contribution in [1.29, 1.82) is 0 Å². The summed E-state index contributed by atoms with van der Waals surface area (Å²) in [5.41, 5.74) is 0.615. The van der Waals surface area contributed by atoms with Gasteiger partial charge in [0.05, 0.1) is 17.0 Å². The number of nitrogens with zero attached hydrogens (tertiary/aromatic N) is 2. The summed E-state index contributed by atoms with van der Waals surface area (Å²) in [4.78, 5) is 0. The Kier molecular flexibility index (Phi) is 4.55. The van der Waals surface area contributed by atoms with Gasteiger partial charge in [-0.25, -0.2) is 8.42 Å². The second kappa shape index (κ2) is 6.27. The third kappa shape index (κ3) is 3.66. The van der Waals surface area contributed by atoms with Crippen LogP contribution in [0.25, 0.3) is 0 Å². The van der Waals surface area contributed by atoms with Crippen LogP contribution in [0.4, 0.5) is 0 Å². The zero-order chi connectivity index (χ0) is 18.3. The van der Waals surface area contributed by atoms with Gasteiger partial charge >= 0.3 is 7.12 Å². The molecule has 2 aromatic rings. The molecule has 0 bridgehead atoms. The number of aryl methyl sites for hydroxylation is 1. The minimum absolute atomic E-state index is 0.0124. The first-order valence-corrected chi connectivity index (χ1v) is 9.89. The molecule has 0 spiro atoms. The highest BCUT2D eigenvalue weighted by Gasteiger charge is 2.52. The predicted octanol–water partition coefficient (Wildman–Crippen LogP) is 1.60. The number of hydrogen-bond acceptors (Lipinski definition) is 5. The topological polar surface area (TPSA) is 70.4 Å². The molecular formula is C17H23BN2O4S. The molecule has 1 aromatic carbocycles. The lowest BCUT2D eigenvalue weighted by Crippen LogP contribution is -2.41. The minimum Gasteiger partial charge on any atom is -0.399 e. The highest BCUT2D eigenvalue weighted by Crippen LogP contribution is 2.36. The van der Waals surface area contributed by atoms with Gasteiger partial charge in [-0.05, 0) is 39.7 Å². The summed E-state index contributed by atoms with van der Waals surface area (Å²) < 4.78 is 37.9. The largest absolute Gasteiger partial charge is 0.498 e. The summed E-state index contributed by atoms with van der Waals surface area (Å²) in [5, 5.41) is 4.01. The normalized spacial score (nSPS) is 19.3. The van der Waals surface area contributed by atoms with E-state index >= 15 is 0 Å². The molecule has 6 nitrogen and oxygen atoms in total. The Balaban J connectivity index is 1.73. The van der Waals surface area contributed by atoms with E-state index in [2.05, 4.69) is 5.10 Å². The average molecular weight is 362 g/mol. The van der Waals surface area contributed by atoms with E-state index in [0.717, 1.165) is 9.65 Å². The van der Waals surface area contributed by atoms with Crippen molar-refractivity contribution in [3.63, 3.8) is 0 Å². The van der Waals surface area contributed by atoms with Crippen LogP contribution in [0.1, 0.15) is 33.3 Å². The van der Waals surface area contributed by atoms with Gasteiger partial charge in [0.25, 0.3) is 10.0 Å². The van der Waals surface area contributed by atoms with E-state index in [1.807, 2.05) is 58.0 Å². The summed E-state index contributed by atoms with van der Waals surface area (Å²) in [6.07, 6.45) is 3.40. The molecule has 0 saturated carbocycles. The molecule has 0 radical (unpaired) electrons. The molecule has 3 rings (SSSR count). The minimum atomic E-state index is -3.53. The van der Waals surface area contributed by atoms with Crippen LogP contribution in [-0.2, 0) is 25.8 Å². The van der Waals surface area contributed by atoms with Crippen LogP contribution in [0.2, 0.25) is 0 Å². The van der Waals surface area contributed by atoms with Gasteiger partial charge in [0, 0.05) is 17.9 Å². The zero-order valence-electron chi connectivity index (χ0n) is 15.0. The summed E-state index contributed by atoms with van der Waals surface area (Å²) in [5.74, 6) is -0.0124. The highest BCUT2D eigenvalue weighted by atomic mass is 32.2. The molecule has 0 atom stereocenters. The van der Waals surface area contributed by atoms with Gasteiger partial charge in [0.15, 0.2) is 0 Å². The van der Waals surface area contributed by atoms with Crippen LogP contribution < -0.4 is 5.46 Å². The van der Waals surface area contributed by atoms with Gasteiger partial charge < -0.3 is 9.31 Å². The third-order valence-electron chi connectivity index (χ3n) is 4.88. The van der Waals surface area contributed by atoms with Crippen LogP contribution in [0.3, 0.4) is 0 Å². The number of hydrogen-bond donors (Lipinski definition) is 0. The van der Waals surface area contributed by atoms with Crippen molar-refractivity contribution in [3.05, 3.63) is 48.3 Å². The van der Waals surface area contributed by atoms with E-state index in [9.17, 15) is 8.42 Å². The highest BCUT2D eigenvalue weighted by molar-refractivity contribution is 7.89. The second-order valence-corrected chi connectivity index (χ2v) is 9.23. The lowest BCUT2D eigenvalue weighted by molar-refractivity contribution is 0.00578. The third-order valence-corrected chi connectivity index (χ3v) is 6.37. The molecule has 25 heavy (non-hydrogen) atoms. The monoisotopic (exact) mass is 362 g/mol. The lowest BCUT2D eigenvalue weighted by atomic mass is 9.82. The average Bonchev–Trinajstić information content (AvgIpc) is 3.10. The van der Waals surface area contributed by atoms with E-state index < -0.39 is 28.3 Å². The van der Waals surface area contributed by atoms with Crippen molar-refractivity contribution >= 4 is 22.6 Å². The molecule has 1 aromatic heterocycles. The van der Waals surface area contributed by atoms with Crippen molar-refractivity contribution in [2.24, 2.45) is 0 Å². The number of benzene rings is 1. The fraction of sp³-hybridized carbons (Fsp3) is 0.471. The lowest BCUT2D eigenvalue weighted by Gasteiger charge is -2.32. The van der Waals surface area contributed by atoms with Gasteiger partial charge in [-0.2, -0.15) is 9.19 Å². The van der Waals surface area contributed by atoms with Crippen molar-refractivity contribution in [1.82, 2.24) is 9.19 Å². The molecule has 0 unspecified atom stereocenters. The SMILES string of the molecule is CC1(C)OB(c2cnn(S(=O)(=O)CCc3ccccc3)c2)OC1(C)C. The molecule has 134 valence electrons. The standard InChI is InChI=1S/C17H23BN2O4S/c1-16(2)17(3,4)24-18(23-16)15-12-19-20(13-15)25(21,22)11-10-14-8-6-5-7-9-14/h5-9,12-13H,10-11H2,1-4H3. The molecule has 2 heterocycles. The first-order valence-electron chi connectivity index (χ1n) is 8.28.